The first-order valence-corrected chi connectivity index (χ1v) is 7.08. The van der Waals surface area contributed by atoms with Crippen LogP contribution >= 0.6 is 0 Å². The molecule has 0 aromatic heterocycles. The number of hydrogen-bond acceptors (Lipinski definition) is 4. The predicted molar refractivity (Wildman–Crippen MR) is 92.3 cm³/mol. The third-order valence-corrected chi connectivity index (χ3v) is 3.13. The van der Waals surface area contributed by atoms with Crippen molar-refractivity contribution in [2.45, 2.75) is 0 Å². The van der Waals surface area contributed by atoms with Crippen molar-refractivity contribution in [3.8, 4) is 11.1 Å². The van der Waals surface area contributed by atoms with E-state index in [4.69, 9.17) is 11.6 Å². The number of nitrogens with two attached hydrogens (primary N) is 2. The van der Waals surface area contributed by atoms with Crippen LogP contribution in [-0.2, 0) is 4.84 Å². The summed E-state index contributed by atoms with van der Waals surface area (Å²) in [5, 5.41) is 0. The molecule has 3 rings (SSSR count). The Hall–Kier alpha value is -3.11. The lowest BCUT2D eigenvalue weighted by Gasteiger charge is -2.02. The van der Waals surface area contributed by atoms with Gasteiger partial charge in [-0.15, -0.1) is 0 Å². The smallest absolute Gasteiger partial charge is 0.356 e. The standard InChI is InChI=1S/C13H11NO2.C6H7N/c14-16-13(15)12-8-6-11(7-9-12)10-4-2-1-3-5-10;7-6-4-2-1-3-5-6/h1-9H,14H2;1-5H,7H2. The minimum atomic E-state index is -0.528. The molecule has 23 heavy (non-hydrogen) atoms. The second-order valence-corrected chi connectivity index (χ2v) is 4.76. The second kappa shape index (κ2) is 8.36. The van der Waals surface area contributed by atoms with Crippen molar-refractivity contribution in [1.82, 2.24) is 0 Å². The zero-order valence-electron chi connectivity index (χ0n) is 12.6. The lowest BCUT2D eigenvalue weighted by molar-refractivity contribution is 0.0503. The number of carbonyl (C=O) groups excluding carboxylic acids is 1. The lowest BCUT2D eigenvalue weighted by Crippen LogP contribution is -2.09. The molecule has 0 heterocycles. The van der Waals surface area contributed by atoms with Crippen molar-refractivity contribution in [3.63, 3.8) is 0 Å². The molecule has 3 aromatic carbocycles. The molecule has 0 spiro atoms. The highest BCUT2D eigenvalue weighted by atomic mass is 16.7. The first-order chi connectivity index (χ1) is 11.2. The molecule has 0 aliphatic rings. The van der Waals surface area contributed by atoms with E-state index >= 15 is 0 Å². The summed E-state index contributed by atoms with van der Waals surface area (Å²) in [6, 6.07) is 26.5. The maximum atomic E-state index is 11.1. The Balaban J connectivity index is 0.000000229. The fourth-order valence-electron chi connectivity index (χ4n) is 1.95. The highest BCUT2D eigenvalue weighted by molar-refractivity contribution is 5.89. The topological polar surface area (TPSA) is 78.3 Å². The molecule has 0 aliphatic heterocycles. The third-order valence-electron chi connectivity index (χ3n) is 3.13. The van der Waals surface area contributed by atoms with Crippen LogP contribution in [0.2, 0.25) is 0 Å². The fourth-order valence-corrected chi connectivity index (χ4v) is 1.95. The van der Waals surface area contributed by atoms with Gasteiger partial charge in [-0.3, -0.25) is 0 Å². The van der Waals surface area contributed by atoms with E-state index in [1.807, 2.05) is 72.8 Å². The van der Waals surface area contributed by atoms with Gasteiger partial charge in [0.2, 0.25) is 0 Å². The van der Waals surface area contributed by atoms with Gasteiger partial charge in [0.25, 0.3) is 0 Å². The molecule has 4 N–H and O–H groups in total. The summed E-state index contributed by atoms with van der Waals surface area (Å²) >= 11 is 0. The SMILES string of the molecule is NOC(=O)c1ccc(-c2ccccc2)cc1.Nc1ccccc1. The zero-order chi connectivity index (χ0) is 16.5. The molecule has 116 valence electrons. The van der Waals surface area contributed by atoms with Crippen LogP contribution in [0, 0.1) is 0 Å². The highest BCUT2D eigenvalue weighted by Gasteiger charge is 2.05. The van der Waals surface area contributed by atoms with E-state index in [9.17, 15) is 4.79 Å². The quantitative estimate of drug-likeness (QED) is 0.559. The molecule has 0 fully saturated rings. The van der Waals surface area contributed by atoms with Crippen molar-refractivity contribution in [1.29, 1.82) is 0 Å². The fraction of sp³-hybridized carbons (Fsp3) is 0. The number of rotatable bonds is 2. The summed E-state index contributed by atoms with van der Waals surface area (Å²) in [5.74, 6) is 4.28. The summed E-state index contributed by atoms with van der Waals surface area (Å²) in [6.07, 6.45) is 0. The van der Waals surface area contributed by atoms with Crippen LogP contribution in [0.4, 0.5) is 5.69 Å². The number of hydrogen-bond donors (Lipinski definition) is 2. The van der Waals surface area contributed by atoms with Gasteiger partial charge in [-0.1, -0.05) is 60.7 Å². The predicted octanol–water partition coefficient (Wildman–Crippen LogP) is 3.65. The van der Waals surface area contributed by atoms with Gasteiger partial charge in [-0.25, -0.2) is 4.79 Å². The molecule has 0 unspecified atom stereocenters. The van der Waals surface area contributed by atoms with E-state index in [0.717, 1.165) is 16.8 Å². The molecule has 0 aliphatic carbocycles. The first kappa shape index (κ1) is 16.3. The van der Waals surface area contributed by atoms with Crippen molar-refractivity contribution < 1.29 is 9.63 Å². The Bertz CT molecular complexity index is 726. The average molecular weight is 306 g/mol. The van der Waals surface area contributed by atoms with E-state index in [-0.39, 0.29) is 0 Å². The van der Waals surface area contributed by atoms with Gasteiger partial charge in [-0.05, 0) is 35.4 Å². The number of para-hydroxylation sites is 1. The maximum absolute atomic E-state index is 11.1. The van der Waals surface area contributed by atoms with Crippen LogP contribution in [0.25, 0.3) is 11.1 Å². The Morgan fingerprint density at radius 1 is 0.696 bits per heavy atom. The maximum Gasteiger partial charge on any atom is 0.356 e. The molecule has 0 atom stereocenters. The van der Waals surface area contributed by atoms with Crippen molar-refractivity contribution >= 4 is 11.7 Å². The summed E-state index contributed by atoms with van der Waals surface area (Å²) < 4.78 is 0. The molecular formula is C19H18N2O2. The summed E-state index contributed by atoms with van der Waals surface area (Å²) in [7, 11) is 0. The minimum Gasteiger partial charge on any atom is -0.399 e. The third kappa shape index (κ3) is 4.98. The number of nitrogen functional groups attached to an aromatic ring is 1. The minimum absolute atomic E-state index is 0.446. The Labute approximate surface area is 135 Å². The van der Waals surface area contributed by atoms with Gasteiger partial charge >= 0.3 is 5.97 Å². The molecule has 0 radical (unpaired) electrons. The van der Waals surface area contributed by atoms with Crippen LogP contribution in [0.1, 0.15) is 10.4 Å². The summed E-state index contributed by atoms with van der Waals surface area (Å²) in [6.45, 7) is 0. The second-order valence-electron chi connectivity index (χ2n) is 4.76. The van der Waals surface area contributed by atoms with E-state index in [0.29, 0.717) is 5.56 Å². The van der Waals surface area contributed by atoms with Crippen LogP contribution in [0.5, 0.6) is 0 Å². The number of benzene rings is 3. The van der Waals surface area contributed by atoms with E-state index in [1.165, 1.54) is 0 Å². The number of carbonyl (C=O) groups is 1. The van der Waals surface area contributed by atoms with E-state index < -0.39 is 5.97 Å². The van der Waals surface area contributed by atoms with Crippen LogP contribution in [0.3, 0.4) is 0 Å². The van der Waals surface area contributed by atoms with Crippen molar-refractivity contribution in [2.24, 2.45) is 5.90 Å². The first-order valence-electron chi connectivity index (χ1n) is 7.08. The van der Waals surface area contributed by atoms with Gasteiger partial charge in [0, 0.05) is 5.69 Å². The summed E-state index contributed by atoms with van der Waals surface area (Å²) in [4.78, 5) is 15.3. The normalized spacial score (nSPS) is 9.43. The Kier molecular flexibility index (Phi) is 5.91. The molecule has 0 saturated carbocycles. The Morgan fingerprint density at radius 3 is 1.61 bits per heavy atom. The van der Waals surface area contributed by atoms with Crippen LogP contribution in [-0.4, -0.2) is 5.97 Å². The zero-order valence-corrected chi connectivity index (χ0v) is 12.6. The van der Waals surface area contributed by atoms with Gasteiger partial charge in [0.1, 0.15) is 0 Å². The Morgan fingerprint density at radius 2 is 1.17 bits per heavy atom. The van der Waals surface area contributed by atoms with Crippen molar-refractivity contribution in [3.05, 3.63) is 90.5 Å². The van der Waals surface area contributed by atoms with Gasteiger partial charge in [0.15, 0.2) is 0 Å². The molecule has 4 nitrogen and oxygen atoms in total. The van der Waals surface area contributed by atoms with E-state index in [2.05, 4.69) is 4.84 Å². The monoisotopic (exact) mass is 306 g/mol. The van der Waals surface area contributed by atoms with Crippen LogP contribution in [0.15, 0.2) is 84.9 Å². The summed E-state index contributed by atoms with van der Waals surface area (Å²) in [5.41, 5.74) is 8.78. The van der Waals surface area contributed by atoms with Crippen LogP contribution < -0.4 is 11.6 Å². The van der Waals surface area contributed by atoms with Gasteiger partial charge in [0.05, 0.1) is 5.56 Å². The molecule has 3 aromatic rings. The molecule has 0 saturated heterocycles. The lowest BCUT2D eigenvalue weighted by atomic mass is 10.0. The molecule has 0 bridgehead atoms. The molecular weight excluding hydrogens is 288 g/mol. The molecule has 4 heteroatoms. The van der Waals surface area contributed by atoms with E-state index in [1.54, 1.807) is 12.1 Å². The average Bonchev–Trinajstić information content (AvgIpc) is 2.63. The van der Waals surface area contributed by atoms with Gasteiger partial charge in [-0.2, -0.15) is 5.90 Å². The van der Waals surface area contributed by atoms with Gasteiger partial charge < -0.3 is 10.6 Å². The van der Waals surface area contributed by atoms with Crippen molar-refractivity contribution in [2.75, 3.05) is 5.73 Å². The highest BCUT2D eigenvalue weighted by Crippen LogP contribution is 2.19. The number of anilines is 1. The largest absolute Gasteiger partial charge is 0.399 e. The molecule has 0 amide bonds.